The molecule has 3 aromatic carbocycles. The van der Waals surface area contributed by atoms with Crippen LogP contribution in [0.4, 0.5) is 0 Å². The van der Waals surface area contributed by atoms with E-state index in [1.54, 1.807) is 4.35 Å². The number of benzene rings is 3. The number of hydrogen-bond donors (Lipinski definition) is 1. The normalized spacial score (nSPS) is 9.95. The van der Waals surface area contributed by atoms with Crippen LogP contribution in [0.1, 0.15) is 0 Å². The van der Waals surface area contributed by atoms with E-state index in [0.29, 0.717) is 0 Å². The van der Waals surface area contributed by atoms with E-state index in [9.17, 15) is 0 Å². The zero-order valence-electron chi connectivity index (χ0n) is 11.9. The predicted molar refractivity (Wildman–Crippen MR) is 100.0 cm³/mol. The van der Waals surface area contributed by atoms with Crippen LogP contribution in [-0.4, -0.2) is 0 Å². The van der Waals surface area contributed by atoms with Crippen molar-refractivity contribution in [3.63, 3.8) is 0 Å². The molecule has 4 heteroatoms. The summed E-state index contributed by atoms with van der Waals surface area (Å²) in [4.78, 5) is 0. The summed E-state index contributed by atoms with van der Waals surface area (Å²) in [5.41, 5.74) is 0. The minimum absolute atomic E-state index is 0.446. The Morgan fingerprint density at radius 2 is 0.727 bits per heavy atom. The van der Waals surface area contributed by atoms with Gasteiger partial charge in [-0.25, -0.2) is 0 Å². The Labute approximate surface area is 142 Å². The van der Waals surface area contributed by atoms with E-state index in [2.05, 4.69) is 115 Å². The van der Waals surface area contributed by atoms with Crippen LogP contribution >= 0.6 is 31.5 Å². The van der Waals surface area contributed by atoms with E-state index in [0.717, 1.165) is 0 Å². The van der Waals surface area contributed by atoms with Crippen LogP contribution in [0.15, 0.2) is 91.0 Å². The fourth-order valence-corrected chi connectivity index (χ4v) is 4.48. The molecule has 1 N–H and O–H groups in total. The van der Waals surface area contributed by atoms with Gasteiger partial charge in [0.25, 0.3) is 0 Å². The average Bonchev–Trinajstić information content (AvgIpc) is 2.59. The van der Waals surface area contributed by atoms with Crippen molar-refractivity contribution < 1.29 is 0 Å². The highest BCUT2D eigenvalue weighted by molar-refractivity contribution is 7.79. The summed E-state index contributed by atoms with van der Waals surface area (Å²) in [6.45, 7) is 0. The largest absolute Gasteiger partial charge is 0.145 e. The van der Waals surface area contributed by atoms with Gasteiger partial charge in [0.15, 0.2) is 0 Å². The number of rotatable bonds is 3. The van der Waals surface area contributed by atoms with Crippen molar-refractivity contribution >= 4 is 47.4 Å². The van der Waals surface area contributed by atoms with Gasteiger partial charge in [-0.3, -0.25) is 0 Å². The van der Waals surface area contributed by atoms with Gasteiger partial charge < -0.3 is 0 Å². The van der Waals surface area contributed by atoms with Crippen molar-refractivity contribution in [1.82, 2.24) is 4.35 Å². The average molecular weight is 348 g/mol. The van der Waals surface area contributed by atoms with Gasteiger partial charge in [-0.15, -0.1) is 4.35 Å². The molecular formula is C18H16Cl2NP. The van der Waals surface area contributed by atoms with Crippen molar-refractivity contribution in [2.45, 2.75) is 0 Å². The molecule has 0 atom stereocenters. The van der Waals surface area contributed by atoms with Crippen molar-refractivity contribution in [3.8, 4) is 0 Å². The lowest BCUT2D eigenvalue weighted by Crippen LogP contribution is -2.20. The molecule has 0 saturated carbocycles. The third kappa shape index (κ3) is 4.83. The van der Waals surface area contributed by atoms with E-state index in [4.69, 9.17) is 0 Å². The second kappa shape index (κ2) is 9.61. The molecule has 3 rings (SSSR count). The maximum absolute atomic E-state index is 4.51. The quantitative estimate of drug-likeness (QED) is 0.549. The van der Waals surface area contributed by atoms with Gasteiger partial charge in [-0.05, 0) is 47.4 Å². The van der Waals surface area contributed by atoms with E-state index in [-0.39, 0.29) is 0 Å². The molecule has 0 saturated heterocycles. The Bertz CT molecular complexity index is 554. The highest BCUT2D eigenvalue weighted by Crippen LogP contribution is 2.32. The van der Waals surface area contributed by atoms with Crippen molar-refractivity contribution in [2.75, 3.05) is 0 Å². The number of nitrogens with one attached hydrogen (secondary N) is 1. The minimum Gasteiger partial charge on any atom is -0.145 e. The predicted octanol–water partition coefficient (Wildman–Crippen LogP) is 4.33. The van der Waals surface area contributed by atoms with E-state index in [1.807, 2.05) is 0 Å². The van der Waals surface area contributed by atoms with Gasteiger partial charge >= 0.3 is 0 Å². The molecule has 22 heavy (non-hydrogen) atoms. The Morgan fingerprint density at radius 1 is 0.500 bits per heavy atom. The number of hydrogen-bond acceptors (Lipinski definition) is 1. The molecular weight excluding hydrogens is 332 g/mol. The molecule has 0 heterocycles. The van der Waals surface area contributed by atoms with E-state index in [1.165, 1.54) is 15.9 Å². The molecule has 0 aliphatic carbocycles. The molecule has 0 unspecified atom stereocenters. The number of halogens is 2. The van der Waals surface area contributed by atoms with Gasteiger partial charge in [0, 0.05) is 0 Å². The van der Waals surface area contributed by atoms with Crippen LogP contribution in [0.3, 0.4) is 0 Å². The van der Waals surface area contributed by atoms with Gasteiger partial charge in [-0.1, -0.05) is 91.0 Å². The minimum atomic E-state index is -0.446. The van der Waals surface area contributed by atoms with Crippen molar-refractivity contribution in [2.24, 2.45) is 0 Å². The summed E-state index contributed by atoms with van der Waals surface area (Å²) in [5.74, 6) is 0. The molecule has 0 amide bonds. The molecule has 3 aromatic rings. The first-order valence-corrected chi connectivity index (χ1v) is 8.88. The monoisotopic (exact) mass is 347 g/mol. The summed E-state index contributed by atoms with van der Waals surface area (Å²) < 4.78 is 1.69. The Morgan fingerprint density at radius 3 is 0.955 bits per heavy atom. The topological polar surface area (TPSA) is 12.0 Å². The smallest absolute Gasteiger partial charge is 0.00838 e. The highest BCUT2D eigenvalue weighted by Gasteiger charge is 2.14. The lowest BCUT2D eigenvalue weighted by molar-refractivity contribution is 1.69. The lowest BCUT2D eigenvalue weighted by Gasteiger charge is -2.18. The summed E-state index contributed by atoms with van der Waals surface area (Å²) in [6, 6.07) is 32.3. The second-order valence-corrected chi connectivity index (χ2v) is 7.20. The van der Waals surface area contributed by atoms with Gasteiger partial charge in [0.2, 0.25) is 0 Å². The van der Waals surface area contributed by atoms with Crippen LogP contribution in [-0.2, 0) is 0 Å². The summed E-state index contributed by atoms with van der Waals surface area (Å²) >= 11 is 9.03. The summed E-state index contributed by atoms with van der Waals surface area (Å²) in [5, 5.41) is 4.19. The molecule has 0 aliphatic rings. The van der Waals surface area contributed by atoms with Gasteiger partial charge in [0.05, 0.1) is 0 Å². The van der Waals surface area contributed by atoms with Crippen LogP contribution in [0, 0.1) is 0 Å². The van der Waals surface area contributed by atoms with Crippen LogP contribution in [0.2, 0.25) is 0 Å². The molecule has 1 nitrogen and oxygen atoms in total. The maximum Gasteiger partial charge on any atom is -0.00838 e. The lowest BCUT2D eigenvalue weighted by atomic mass is 10.4. The van der Waals surface area contributed by atoms with Crippen LogP contribution in [0.25, 0.3) is 0 Å². The Balaban J connectivity index is 0.000000545. The fraction of sp³-hybridized carbons (Fsp3) is 0. The first kappa shape index (κ1) is 17.0. The fourth-order valence-electron chi connectivity index (χ4n) is 2.18. The third-order valence-electron chi connectivity index (χ3n) is 3.04. The molecule has 0 bridgehead atoms. The molecule has 0 radical (unpaired) electrons. The summed E-state index contributed by atoms with van der Waals surface area (Å²) in [7, 11) is -0.446. The summed E-state index contributed by atoms with van der Waals surface area (Å²) in [6.07, 6.45) is 0. The van der Waals surface area contributed by atoms with Crippen molar-refractivity contribution in [3.05, 3.63) is 91.0 Å². The molecule has 0 aromatic heterocycles. The van der Waals surface area contributed by atoms with E-state index < -0.39 is 7.92 Å². The van der Waals surface area contributed by atoms with Gasteiger partial charge in [-0.2, -0.15) is 0 Å². The van der Waals surface area contributed by atoms with Crippen molar-refractivity contribution in [1.29, 1.82) is 0 Å². The second-order valence-electron chi connectivity index (χ2n) is 4.41. The maximum atomic E-state index is 4.51. The first-order valence-electron chi connectivity index (χ1n) is 6.78. The SMILES string of the molecule is ClNCl.c1ccc(P(c2ccccc2)c2ccccc2)cc1. The zero-order chi connectivity index (χ0) is 15.6. The van der Waals surface area contributed by atoms with Gasteiger partial charge in [0.1, 0.15) is 0 Å². The molecule has 0 spiro atoms. The van der Waals surface area contributed by atoms with Crippen LogP contribution in [0.5, 0.6) is 0 Å². The zero-order valence-corrected chi connectivity index (χ0v) is 14.3. The molecule has 0 fully saturated rings. The first-order chi connectivity index (χ1) is 10.9. The third-order valence-corrected chi connectivity index (χ3v) is 5.49. The van der Waals surface area contributed by atoms with Crippen LogP contribution < -0.4 is 20.3 Å². The molecule has 112 valence electrons. The van der Waals surface area contributed by atoms with E-state index >= 15 is 0 Å². The standard InChI is InChI=1S/C18H15P.Cl2HN/c1-4-10-16(11-5-1)19(17-12-6-2-7-13-17)18-14-8-3-9-15-18;1-3-2/h1-15H;3H. The Hall–Kier alpha value is -1.37. The molecule has 0 aliphatic heterocycles. The Kier molecular flexibility index (Phi) is 7.42. The highest BCUT2D eigenvalue weighted by atomic mass is 35.5.